The molecular weight excluding hydrogens is 352 g/mol. The molecule has 0 aliphatic rings. The fourth-order valence-electron chi connectivity index (χ4n) is 2.36. The minimum atomic E-state index is -0.340. The second-order valence-corrected chi connectivity index (χ2v) is 6.22. The van der Waals surface area contributed by atoms with Crippen molar-refractivity contribution in [2.75, 3.05) is 13.2 Å². The third-order valence-corrected chi connectivity index (χ3v) is 3.97. The number of rotatable bonds is 6. The maximum atomic E-state index is 12.2. The molecular formula is C19H19ClN4O2. The molecule has 1 heterocycles. The van der Waals surface area contributed by atoms with Crippen LogP contribution in [0, 0.1) is 13.8 Å². The van der Waals surface area contributed by atoms with Gasteiger partial charge in [0.15, 0.2) is 0 Å². The predicted octanol–water partition coefficient (Wildman–Crippen LogP) is 3.35. The Morgan fingerprint density at radius 1 is 1.12 bits per heavy atom. The summed E-state index contributed by atoms with van der Waals surface area (Å²) in [5.74, 6) is 1.17. The lowest BCUT2D eigenvalue weighted by molar-refractivity contribution is 0.0936. The number of carbonyl (C=O) groups excluding carboxylic acids is 1. The lowest BCUT2D eigenvalue weighted by atomic mass is 10.2. The molecule has 1 amide bonds. The van der Waals surface area contributed by atoms with Crippen LogP contribution in [0.5, 0.6) is 5.75 Å². The number of aromatic nitrogens is 3. The van der Waals surface area contributed by atoms with Crippen molar-refractivity contribution in [1.29, 1.82) is 0 Å². The largest absolute Gasteiger partial charge is 0.492 e. The first-order valence-electron chi connectivity index (χ1n) is 8.20. The highest BCUT2D eigenvalue weighted by Crippen LogP contribution is 2.14. The number of hydrogen-bond acceptors (Lipinski definition) is 4. The first-order valence-corrected chi connectivity index (χ1v) is 8.58. The second kappa shape index (κ2) is 8.01. The molecule has 7 heteroatoms. The maximum Gasteiger partial charge on any atom is 0.291 e. The number of halogens is 1. The first kappa shape index (κ1) is 17.9. The Hall–Kier alpha value is -2.86. The highest BCUT2D eigenvalue weighted by atomic mass is 35.5. The molecule has 0 unspecified atom stereocenters. The summed E-state index contributed by atoms with van der Waals surface area (Å²) >= 11 is 5.90. The van der Waals surface area contributed by atoms with Crippen LogP contribution in [0.2, 0.25) is 5.02 Å². The summed E-state index contributed by atoms with van der Waals surface area (Å²) in [7, 11) is 0. The van der Waals surface area contributed by atoms with Crippen LogP contribution in [0.3, 0.4) is 0 Å². The van der Waals surface area contributed by atoms with Gasteiger partial charge in [-0.3, -0.25) is 4.79 Å². The van der Waals surface area contributed by atoms with E-state index in [0.717, 1.165) is 11.4 Å². The number of hydrogen-bond donors (Lipinski definition) is 1. The Morgan fingerprint density at radius 2 is 1.81 bits per heavy atom. The van der Waals surface area contributed by atoms with Crippen molar-refractivity contribution in [3.8, 4) is 11.4 Å². The zero-order valence-corrected chi connectivity index (χ0v) is 15.3. The number of nitrogens with one attached hydrogen (secondary N) is 1. The Bertz CT molecular complexity index is 889. The molecule has 26 heavy (non-hydrogen) atoms. The molecule has 0 atom stereocenters. The van der Waals surface area contributed by atoms with E-state index >= 15 is 0 Å². The lowest BCUT2D eigenvalue weighted by Crippen LogP contribution is -2.29. The van der Waals surface area contributed by atoms with Gasteiger partial charge in [-0.05, 0) is 50.2 Å². The Morgan fingerprint density at radius 3 is 2.50 bits per heavy atom. The fraction of sp³-hybridized carbons (Fsp3) is 0.211. The summed E-state index contributed by atoms with van der Waals surface area (Å²) in [6.07, 6.45) is 0. The normalized spacial score (nSPS) is 10.6. The monoisotopic (exact) mass is 370 g/mol. The lowest BCUT2D eigenvalue weighted by Gasteiger charge is -2.06. The standard InChI is InChI=1S/C19H19ClN4O2/c1-13-3-9-17(10-4-13)26-12-11-21-19(25)18-22-14(2)24(23-18)16-7-5-15(20)6-8-16/h3-10H,11-12H2,1-2H3,(H,21,25). The van der Waals surface area contributed by atoms with Crippen molar-refractivity contribution in [1.82, 2.24) is 20.1 Å². The van der Waals surface area contributed by atoms with Gasteiger partial charge in [-0.25, -0.2) is 9.67 Å². The summed E-state index contributed by atoms with van der Waals surface area (Å²) in [6, 6.07) is 14.9. The molecule has 0 spiro atoms. The number of ether oxygens (including phenoxy) is 1. The average Bonchev–Trinajstić information content (AvgIpc) is 3.02. The molecule has 3 aromatic rings. The van der Waals surface area contributed by atoms with E-state index in [9.17, 15) is 4.79 Å². The van der Waals surface area contributed by atoms with Crippen molar-refractivity contribution >= 4 is 17.5 Å². The summed E-state index contributed by atoms with van der Waals surface area (Å²) < 4.78 is 7.19. The minimum absolute atomic E-state index is 0.118. The van der Waals surface area contributed by atoms with E-state index in [1.54, 1.807) is 23.7 Å². The number of nitrogens with zero attached hydrogens (tertiary/aromatic N) is 3. The molecule has 0 saturated carbocycles. The number of aryl methyl sites for hydroxylation is 2. The molecule has 0 aliphatic carbocycles. The SMILES string of the molecule is Cc1ccc(OCCNC(=O)c2nc(C)n(-c3ccc(Cl)cc3)n2)cc1. The van der Waals surface area contributed by atoms with Crippen LogP contribution < -0.4 is 10.1 Å². The maximum absolute atomic E-state index is 12.2. The van der Waals surface area contributed by atoms with Gasteiger partial charge in [0.2, 0.25) is 5.82 Å². The highest BCUT2D eigenvalue weighted by Gasteiger charge is 2.14. The Kier molecular flexibility index (Phi) is 5.53. The molecule has 0 fully saturated rings. The van der Waals surface area contributed by atoms with Gasteiger partial charge in [0, 0.05) is 5.02 Å². The van der Waals surface area contributed by atoms with Crippen LogP contribution >= 0.6 is 11.6 Å². The van der Waals surface area contributed by atoms with E-state index in [1.165, 1.54) is 5.56 Å². The molecule has 2 aromatic carbocycles. The van der Waals surface area contributed by atoms with Crippen LogP contribution in [0.15, 0.2) is 48.5 Å². The molecule has 0 saturated heterocycles. The molecule has 1 aromatic heterocycles. The molecule has 6 nitrogen and oxygen atoms in total. The van der Waals surface area contributed by atoms with E-state index in [1.807, 2.05) is 43.3 Å². The van der Waals surface area contributed by atoms with E-state index in [2.05, 4.69) is 15.4 Å². The highest BCUT2D eigenvalue weighted by molar-refractivity contribution is 6.30. The van der Waals surface area contributed by atoms with Gasteiger partial charge >= 0.3 is 0 Å². The Balaban J connectivity index is 1.55. The molecule has 3 rings (SSSR count). The number of amides is 1. The fourth-order valence-corrected chi connectivity index (χ4v) is 2.49. The van der Waals surface area contributed by atoms with Gasteiger partial charge < -0.3 is 10.1 Å². The second-order valence-electron chi connectivity index (χ2n) is 5.79. The van der Waals surface area contributed by atoms with Gasteiger partial charge in [-0.15, -0.1) is 5.10 Å². The summed E-state index contributed by atoms with van der Waals surface area (Å²) in [4.78, 5) is 16.4. The van der Waals surface area contributed by atoms with Crippen molar-refractivity contribution in [2.45, 2.75) is 13.8 Å². The first-order chi connectivity index (χ1) is 12.5. The zero-order valence-electron chi connectivity index (χ0n) is 14.6. The Labute approximate surface area is 156 Å². The van der Waals surface area contributed by atoms with Crippen LogP contribution in [0.4, 0.5) is 0 Å². The minimum Gasteiger partial charge on any atom is -0.492 e. The number of carbonyl (C=O) groups is 1. The van der Waals surface area contributed by atoms with Crippen LogP contribution in [-0.2, 0) is 0 Å². The van der Waals surface area contributed by atoms with E-state index in [0.29, 0.717) is 24.0 Å². The predicted molar refractivity (Wildman–Crippen MR) is 100 cm³/mol. The van der Waals surface area contributed by atoms with E-state index in [4.69, 9.17) is 16.3 Å². The summed E-state index contributed by atoms with van der Waals surface area (Å²) in [5.41, 5.74) is 1.96. The van der Waals surface area contributed by atoms with Crippen molar-refractivity contribution in [3.05, 3.63) is 70.8 Å². The van der Waals surface area contributed by atoms with Gasteiger partial charge in [0.05, 0.1) is 12.2 Å². The third kappa shape index (κ3) is 4.40. The molecule has 1 N–H and O–H groups in total. The van der Waals surface area contributed by atoms with Crippen molar-refractivity contribution in [3.63, 3.8) is 0 Å². The molecule has 0 bridgehead atoms. The zero-order chi connectivity index (χ0) is 18.5. The molecule has 134 valence electrons. The quantitative estimate of drug-likeness (QED) is 0.675. The topological polar surface area (TPSA) is 69.0 Å². The van der Waals surface area contributed by atoms with Crippen LogP contribution in [0.25, 0.3) is 5.69 Å². The van der Waals surface area contributed by atoms with E-state index in [-0.39, 0.29) is 11.7 Å². The van der Waals surface area contributed by atoms with Gasteiger partial charge in [0.25, 0.3) is 5.91 Å². The van der Waals surface area contributed by atoms with Gasteiger partial charge in [-0.1, -0.05) is 29.3 Å². The number of benzene rings is 2. The van der Waals surface area contributed by atoms with Crippen molar-refractivity contribution in [2.24, 2.45) is 0 Å². The van der Waals surface area contributed by atoms with Crippen LogP contribution in [-0.4, -0.2) is 33.8 Å². The smallest absolute Gasteiger partial charge is 0.291 e. The van der Waals surface area contributed by atoms with Gasteiger partial charge in [0.1, 0.15) is 18.2 Å². The molecule has 0 radical (unpaired) electrons. The summed E-state index contributed by atoms with van der Waals surface area (Å²) in [5, 5.41) is 7.66. The summed E-state index contributed by atoms with van der Waals surface area (Å²) in [6.45, 7) is 4.54. The van der Waals surface area contributed by atoms with Crippen molar-refractivity contribution < 1.29 is 9.53 Å². The van der Waals surface area contributed by atoms with Gasteiger partial charge in [-0.2, -0.15) is 0 Å². The van der Waals surface area contributed by atoms with Crippen LogP contribution in [0.1, 0.15) is 22.0 Å². The molecule has 0 aliphatic heterocycles. The van der Waals surface area contributed by atoms with E-state index < -0.39 is 0 Å². The third-order valence-electron chi connectivity index (χ3n) is 3.72. The average molecular weight is 371 g/mol.